The third kappa shape index (κ3) is 5.65. The number of alkyl carbamates (subject to hydrolysis) is 1. The Labute approximate surface area is 205 Å². The molecule has 182 valence electrons. The number of fused-ring (bicyclic) bond motifs is 3. The van der Waals surface area contributed by atoms with Crippen molar-refractivity contribution in [2.45, 2.75) is 44.1 Å². The fourth-order valence-electron chi connectivity index (χ4n) is 5.31. The predicted octanol–water partition coefficient (Wildman–Crippen LogP) is 4.02. The van der Waals surface area contributed by atoms with Gasteiger partial charge in [-0.2, -0.15) is 0 Å². The third-order valence-electron chi connectivity index (χ3n) is 6.97. The Morgan fingerprint density at radius 2 is 1.66 bits per heavy atom. The van der Waals surface area contributed by atoms with Crippen LogP contribution in [0.15, 0.2) is 48.5 Å². The number of terminal acetylenes is 1. The van der Waals surface area contributed by atoms with Crippen LogP contribution in [0, 0.1) is 18.3 Å². The van der Waals surface area contributed by atoms with Crippen LogP contribution in [0.5, 0.6) is 0 Å². The van der Waals surface area contributed by atoms with Crippen molar-refractivity contribution in [2.75, 3.05) is 19.7 Å². The Hall–Kier alpha value is -3.79. The maximum absolute atomic E-state index is 12.9. The normalized spacial score (nSPS) is 15.5. The molecule has 2 aliphatic carbocycles. The van der Waals surface area contributed by atoms with Crippen LogP contribution in [-0.2, 0) is 14.3 Å². The van der Waals surface area contributed by atoms with Gasteiger partial charge in [0.1, 0.15) is 13.2 Å². The number of nitrogens with zero attached hydrogens (tertiary/aromatic N) is 1. The molecule has 4 rings (SSSR count). The van der Waals surface area contributed by atoms with Gasteiger partial charge in [0.15, 0.2) is 0 Å². The first-order valence-corrected chi connectivity index (χ1v) is 12.0. The van der Waals surface area contributed by atoms with Crippen LogP contribution >= 0.6 is 0 Å². The number of carbonyl (C=O) groups is 3. The van der Waals surface area contributed by atoms with Gasteiger partial charge in [-0.1, -0.05) is 67.3 Å². The van der Waals surface area contributed by atoms with E-state index >= 15 is 0 Å². The molecular weight excluding hydrogens is 444 g/mol. The van der Waals surface area contributed by atoms with Crippen molar-refractivity contribution >= 4 is 18.0 Å². The molecule has 35 heavy (non-hydrogen) atoms. The summed E-state index contributed by atoms with van der Waals surface area (Å²) in [5.41, 5.74) is 4.56. The first kappa shape index (κ1) is 24.3. The van der Waals surface area contributed by atoms with Gasteiger partial charge in [-0.3, -0.25) is 9.59 Å². The Morgan fingerprint density at radius 1 is 1.06 bits per heavy atom. The molecule has 0 aromatic heterocycles. The van der Waals surface area contributed by atoms with Crippen LogP contribution in [0.4, 0.5) is 4.79 Å². The van der Waals surface area contributed by atoms with Crippen LogP contribution in [0.2, 0.25) is 0 Å². The molecule has 2 aliphatic rings. The van der Waals surface area contributed by atoms with Crippen molar-refractivity contribution in [1.29, 1.82) is 0 Å². The molecule has 2 aromatic carbocycles. The molecule has 1 fully saturated rings. The zero-order valence-corrected chi connectivity index (χ0v) is 19.6. The molecular formula is C28H30N2O5. The summed E-state index contributed by atoms with van der Waals surface area (Å²) in [6.45, 7) is -0.369. The van der Waals surface area contributed by atoms with Gasteiger partial charge in [0.05, 0.1) is 6.54 Å². The summed E-state index contributed by atoms with van der Waals surface area (Å²) in [4.78, 5) is 38.0. The SMILES string of the molecule is C#CCN(CC(=O)O)C(=O)CC(NC(=O)OCC1c2ccccc2-c2ccccc21)C1CCCC1. The minimum atomic E-state index is -1.13. The molecule has 0 spiro atoms. The van der Waals surface area contributed by atoms with Crippen molar-refractivity contribution in [3.05, 3.63) is 59.7 Å². The Kier molecular flexibility index (Phi) is 7.71. The second-order valence-electron chi connectivity index (χ2n) is 9.17. The molecule has 7 nitrogen and oxygen atoms in total. The van der Waals surface area contributed by atoms with Gasteiger partial charge >= 0.3 is 12.1 Å². The zero-order valence-electron chi connectivity index (χ0n) is 19.6. The van der Waals surface area contributed by atoms with Crippen molar-refractivity contribution in [1.82, 2.24) is 10.2 Å². The molecule has 7 heteroatoms. The summed E-state index contributed by atoms with van der Waals surface area (Å²) in [7, 11) is 0. The van der Waals surface area contributed by atoms with Gasteiger partial charge in [0.25, 0.3) is 0 Å². The van der Waals surface area contributed by atoms with Gasteiger partial charge < -0.3 is 20.1 Å². The average Bonchev–Trinajstić information content (AvgIpc) is 3.49. The molecule has 0 heterocycles. The first-order chi connectivity index (χ1) is 17.0. The van der Waals surface area contributed by atoms with Crippen LogP contribution < -0.4 is 5.32 Å². The number of carboxylic acid groups (broad SMARTS) is 1. The van der Waals surface area contributed by atoms with Crippen LogP contribution in [-0.4, -0.2) is 53.7 Å². The van der Waals surface area contributed by atoms with E-state index in [1.807, 2.05) is 24.3 Å². The number of hydrogen-bond acceptors (Lipinski definition) is 4. The number of carbonyl (C=O) groups excluding carboxylic acids is 2. The molecule has 0 radical (unpaired) electrons. The highest BCUT2D eigenvalue weighted by Crippen LogP contribution is 2.44. The van der Waals surface area contributed by atoms with Gasteiger partial charge in [-0.25, -0.2) is 4.79 Å². The lowest BCUT2D eigenvalue weighted by Crippen LogP contribution is -2.45. The van der Waals surface area contributed by atoms with Crippen molar-refractivity contribution in [2.24, 2.45) is 5.92 Å². The van der Waals surface area contributed by atoms with E-state index in [-0.39, 0.29) is 37.3 Å². The van der Waals surface area contributed by atoms with E-state index in [4.69, 9.17) is 16.3 Å². The maximum Gasteiger partial charge on any atom is 0.407 e. The lowest BCUT2D eigenvalue weighted by molar-refractivity contribution is -0.144. The fraction of sp³-hybridized carbons (Fsp3) is 0.393. The number of amides is 2. The van der Waals surface area contributed by atoms with E-state index in [2.05, 4.69) is 35.5 Å². The molecule has 2 aromatic rings. The monoisotopic (exact) mass is 474 g/mol. The Bertz CT molecular complexity index is 1090. The zero-order chi connectivity index (χ0) is 24.8. The molecule has 2 N–H and O–H groups in total. The second-order valence-corrected chi connectivity index (χ2v) is 9.17. The van der Waals surface area contributed by atoms with Gasteiger partial charge in [-0.15, -0.1) is 6.42 Å². The summed E-state index contributed by atoms with van der Waals surface area (Å²) in [5, 5.41) is 12.0. The molecule has 2 amide bonds. The number of benzene rings is 2. The highest BCUT2D eigenvalue weighted by atomic mass is 16.5. The second kappa shape index (κ2) is 11.1. The quantitative estimate of drug-likeness (QED) is 0.535. The molecule has 1 unspecified atom stereocenters. The number of rotatable bonds is 9. The van der Waals surface area contributed by atoms with Gasteiger partial charge in [0, 0.05) is 18.4 Å². The van der Waals surface area contributed by atoms with Crippen molar-refractivity contribution in [3.63, 3.8) is 0 Å². The fourth-order valence-corrected chi connectivity index (χ4v) is 5.31. The predicted molar refractivity (Wildman–Crippen MR) is 132 cm³/mol. The summed E-state index contributed by atoms with van der Waals surface area (Å²) in [6.07, 6.45) is 8.60. The Balaban J connectivity index is 1.42. The molecule has 1 saturated carbocycles. The third-order valence-corrected chi connectivity index (χ3v) is 6.97. The van der Waals surface area contributed by atoms with Crippen LogP contribution in [0.1, 0.15) is 49.1 Å². The topological polar surface area (TPSA) is 95.9 Å². The van der Waals surface area contributed by atoms with Crippen LogP contribution in [0.3, 0.4) is 0 Å². The van der Waals surface area contributed by atoms with E-state index in [1.165, 1.54) is 0 Å². The molecule has 0 saturated heterocycles. The highest BCUT2D eigenvalue weighted by Gasteiger charge is 2.32. The number of ether oxygens (including phenoxy) is 1. The maximum atomic E-state index is 12.9. The van der Waals surface area contributed by atoms with Crippen molar-refractivity contribution < 1.29 is 24.2 Å². The van der Waals surface area contributed by atoms with E-state index in [0.717, 1.165) is 52.8 Å². The number of hydrogen-bond donors (Lipinski definition) is 2. The van der Waals surface area contributed by atoms with Crippen LogP contribution in [0.25, 0.3) is 11.1 Å². The first-order valence-electron chi connectivity index (χ1n) is 12.0. The minimum Gasteiger partial charge on any atom is -0.480 e. The summed E-state index contributed by atoms with van der Waals surface area (Å²) in [5.74, 6) is 0.900. The highest BCUT2D eigenvalue weighted by molar-refractivity contribution is 5.83. The van der Waals surface area contributed by atoms with E-state index in [0.29, 0.717) is 0 Å². The summed E-state index contributed by atoms with van der Waals surface area (Å²) < 4.78 is 5.68. The number of nitrogens with one attached hydrogen (secondary N) is 1. The molecule has 1 atom stereocenters. The average molecular weight is 475 g/mol. The molecule has 0 bridgehead atoms. The summed E-state index contributed by atoms with van der Waals surface area (Å²) >= 11 is 0. The van der Waals surface area contributed by atoms with Gasteiger partial charge in [-0.05, 0) is 41.0 Å². The van der Waals surface area contributed by atoms with Crippen molar-refractivity contribution in [3.8, 4) is 23.5 Å². The van der Waals surface area contributed by atoms with E-state index < -0.39 is 24.6 Å². The van der Waals surface area contributed by atoms with E-state index in [1.54, 1.807) is 0 Å². The largest absolute Gasteiger partial charge is 0.480 e. The van der Waals surface area contributed by atoms with Gasteiger partial charge in [0.2, 0.25) is 5.91 Å². The lowest BCUT2D eigenvalue weighted by atomic mass is 9.95. The standard InChI is InChI=1S/C28H30N2O5/c1-2-15-30(17-27(32)33)26(31)16-25(19-9-3-4-10-19)29-28(34)35-18-24-22-13-7-5-11-20(22)21-12-6-8-14-23(21)24/h1,5-8,11-14,19,24-25H,3-4,9-10,15-18H2,(H,29,34)(H,32,33). The number of aliphatic carboxylic acids is 1. The Morgan fingerprint density at radius 3 is 2.23 bits per heavy atom. The summed E-state index contributed by atoms with van der Waals surface area (Å²) in [6, 6.07) is 15.8. The minimum absolute atomic E-state index is 0.0101. The molecule has 0 aliphatic heterocycles. The van der Waals surface area contributed by atoms with E-state index in [9.17, 15) is 14.4 Å². The lowest BCUT2D eigenvalue weighted by Gasteiger charge is -2.27. The number of carboxylic acids is 1. The smallest absolute Gasteiger partial charge is 0.407 e.